The molecule has 1 heterocycles. The number of aromatic nitrogens is 2. The molecule has 0 aliphatic carbocycles. The zero-order chi connectivity index (χ0) is 12.7. The zero-order valence-corrected chi connectivity index (χ0v) is 11.2. The van der Waals surface area contributed by atoms with Gasteiger partial charge in [-0.05, 0) is 19.9 Å². The maximum Gasteiger partial charge on any atom is 0.228 e. The molecule has 0 saturated carbocycles. The van der Waals surface area contributed by atoms with Crippen molar-refractivity contribution in [1.82, 2.24) is 15.3 Å². The minimum absolute atomic E-state index is 0.612. The number of nitrogens with one attached hydrogen (secondary N) is 1. The monoisotopic (exact) mass is 238 g/mol. The number of anilines is 1. The lowest BCUT2D eigenvalue weighted by Gasteiger charge is -2.18. The van der Waals surface area contributed by atoms with Gasteiger partial charge >= 0.3 is 0 Å². The van der Waals surface area contributed by atoms with Crippen LogP contribution in [0.3, 0.4) is 0 Å². The Morgan fingerprint density at radius 3 is 2.76 bits per heavy atom. The molecule has 1 rings (SSSR count). The molecule has 0 bridgehead atoms. The fourth-order valence-electron chi connectivity index (χ4n) is 1.45. The molecule has 17 heavy (non-hydrogen) atoms. The van der Waals surface area contributed by atoms with Crippen LogP contribution in [0.25, 0.3) is 0 Å². The molecule has 1 aromatic rings. The van der Waals surface area contributed by atoms with Crippen molar-refractivity contribution in [3.63, 3.8) is 0 Å². The van der Waals surface area contributed by atoms with E-state index >= 15 is 0 Å². The Kier molecular flexibility index (Phi) is 5.69. The summed E-state index contributed by atoms with van der Waals surface area (Å²) in [6.07, 6.45) is 1.15. The third kappa shape index (κ3) is 4.56. The molecular weight excluding hydrogens is 216 g/mol. The van der Waals surface area contributed by atoms with Crippen molar-refractivity contribution in [1.29, 1.82) is 0 Å². The van der Waals surface area contributed by atoms with Crippen molar-refractivity contribution >= 4 is 5.95 Å². The molecule has 0 unspecified atom stereocenters. The molecule has 5 nitrogen and oxygen atoms in total. The van der Waals surface area contributed by atoms with Gasteiger partial charge in [0, 0.05) is 31.9 Å². The zero-order valence-electron chi connectivity index (χ0n) is 11.2. The maximum atomic E-state index is 5.14. The molecule has 5 heteroatoms. The van der Waals surface area contributed by atoms with Gasteiger partial charge in [0.1, 0.15) is 0 Å². The molecule has 0 fully saturated rings. The van der Waals surface area contributed by atoms with E-state index in [4.69, 9.17) is 4.74 Å². The minimum atomic E-state index is 0.612. The predicted octanol–water partition coefficient (Wildman–Crippen LogP) is 1.23. The quantitative estimate of drug-likeness (QED) is 0.724. The molecule has 0 atom stereocenters. The number of methoxy groups -OCH3 is 1. The third-order valence-electron chi connectivity index (χ3n) is 2.42. The summed E-state index contributed by atoms with van der Waals surface area (Å²) in [5, 5.41) is 3.35. The van der Waals surface area contributed by atoms with E-state index in [2.05, 4.69) is 22.2 Å². The normalized spacial score (nSPS) is 10.4. The molecule has 0 aliphatic rings. The van der Waals surface area contributed by atoms with Crippen LogP contribution in [0.4, 0.5) is 5.95 Å². The Balaban J connectivity index is 2.55. The lowest BCUT2D eigenvalue weighted by molar-refractivity contribution is 0.396. The van der Waals surface area contributed by atoms with Crippen LogP contribution in [0.1, 0.15) is 19.0 Å². The summed E-state index contributed by atoms with van der Waals surface area (Å²) in [5.74, 6) is 1.32. The molecular formula is C12H22N4O. The molecule has 0 amide bonds. The molecule has 1 N–H and O–H groups in total. The molecule has 0 aromatic carbocycles. The van der Waals surface area contributed by atoms with E-state index in [1.807, 2.05) is 24.9 Å². The van der Waals surface area contributed by atoms with Crippen LogP contribution >= 0.6 is 0 Å². The smallest absolute Gasteiger partial charge is 0.228 e. The van der Waals surface area contributed by atoms with Crippen molar-refractivity contribution in [3.8, 4) is 5.88 Å². The van der Waals surface area contributed by atoms with E-state index in [0.29, 0.717) is 11.8 Å². The summed E-state index contributed by atoms with van der Waals surface area (Å²) in [6.45, 7) is 6.96. The van der Waals surface area contributed by atoms with Gasteiger partial charge in [-0.1, -0.05) is 6.92 Å². The summed E-state index contributed by atoms with van der Waals surface area (Å²) >= 11 is 0. The van der Waals surface area contributed by atoms with E-state index in [1.165, 1.54) is 0 Å². The molecule has 0 aliphatic heterocycles. The van der Waals surface area contributed by atoms with Crippen LogP contribution in [0, 0.1) is 6.92 Å². The van der Waals surface area contributed by atoms with Gasteiger partial charge in [0.2, 0.25) is 11.8 Å². The number of likely N-dealkylation sites (N-methyl/N-ethyl adjacent to an activating group) is 1. The third-order valence-corrected chi connectivity index (χ3v) is 2.42. The fourth-order valence-corrected chi connectivity index (χ4v) is 1.45. The molecule has 0 radical (unpaired) electrons. The highest BCUT2D eigenvalue weighted by molar-refractivity contribution is 5.33. The number of nitrogens with zero attached hydrogens (tertiary/aromatic N) is 3. The standard InChI is InChI=1S/C12H22N4O/c1-5-6-13-7-8-16(3)12-14-10(2)9-11(15-12)17-4/h9,13H,5-8H2,1-4H3. The lowest BCUT2D eigenvalue weighted by Crippen LogP contribution is -2.30. The average Bonchev–Trinajstić information content (AvgIpc) is 2.33. The van der Waals surface area contributed by atoms with Gasteiger partial charge in [-0.3, -0.25) is 0 Å². The van der Waals surface area contributed by atoms with Gasteiger partial charge in [0.05, 0.1) is 7.11 Å². The number of rotatable bonds is 7. The summed E-state index contributed by atoms with van der Waals surface area (Å²) in [4.78, 5) is 10.7. The van der Waals surface area contributed by atoms with Crippen molar-refractivity contribution < 1.29 is 4.74 Å². The summed E-state index contributed by atoms with van der Waals surface area (Å²) in [6, 6.07) is 1.83. The van der Waals surface area contributed by atoms with Crippen molar-refractivity contribution in [2.75, 3.05) is 38.7 Å². The predicted molar refractivity (Wildman–Crippen MR) is 69.8 cm³/mol. The maximum absolute atomic E-state index is 5.14. The Hall–Kier alpha value is -1.36. The van der Waals surface area contributed by atoms with Gasteiger partial charge in [-0.15, -0.1) is 0 Å². The molecule has 1 aromatic heterocycles. The van der Waals surface area contributed by atoms with Gasteiger partial charge in [-0.25, -0.2) is 4.98 Å². The highest BCUT2D eigenvalue weighted by Crippen LogP contribution is 2.13. The Bertz CT molecular complexity index is 343. The van der Waals surface area contributed by atoms with Crippen LogP contribution in [0.5, 0.6) is 5.88 Å². The number of hydrogen-bond acceptors (Lipinski definition) is 5. The largest absolute Gasteiger partial charge is 0.481 e. The van der Waals surface area contributed by atoms with E-state index in [-0.39, 0.29) is 0 Å². The topological polar surface area (TPSA) is 50.3 Å². The Labute approximate surface area is 103 Å². The van der Waals surface area contributed by atoms with Crippen LogP contribution in [-0.4, -0.2) is 43.8 Å². The summed E-state index contributed by atoms with van der Waals surface area (Å²) < 4.78 is 5.14. The second-order valence-corrected chi connectivity index (χ2v) is 4.02. The first-order chi connectivity index (χ1) is 8.17. The second-order valence-electron chi connectivity index (χ2n) is 4.02. The van der Waals surface area contributed by atoms with Gasteiger partial charge in [-0.2, -0.15) is 4.98 Å². The first kappa shape index (κ1) is 13.7. The molecule has 0 spiro atoms. The fraction of sp³-hybridized carbons (Fsp3) is 0.667. The van der Waals surface area contributed by atoms with Crippen LogP contribution in [0.2, 0.25) is 0 Å². The Morgan fingerprint density at radius 2 is 2.12 bits per heavy atom. The van der Waals surface area contributed by atoms with Crippen molar-refractivity contribution in [2.24, 2.45) is 0 Å². The van der Waals surface area contributed by atoms with E-state index < -0.39 is 0 Å². The number of hydrogen-bond donors (Lipinski definition) is 1. The van der Waals surface area contributed by atoms with Crippen LogP contribution in [-0.2, 0) is 0 Å². The van der Waals surface area contributed by atoms with E-state index in [9.17, 15) is 0 Å². The van der Waals surface area contributed by atoms with Crippen molar-refractivity contribution in [2.45, 2.75) is 20.3 Å². The minimum Gasteiger partial charge on any atom is -0.481 e. The van der Waals surface area contributed by atoms with E-state index in [1.54, 1.807) is 7.11 Å². The highest BCUT2D eigenvalue weighted by Gasteiger charge is 2.06. The van der Waals surface area contributed by atoms with E-state index in [0.717, 1.165) is 31.7 Å². The lowest BCUT2D eigenvalue weighted by atomic mass is 10.4. The summed E-state index contributed by atoms with van der Waals surface area (Å²) in [5.41, 5.74) is 0.917. The van der Waals surface area contributed by atoms with Crippen LogP contribution in [0.15, 0.2) is 6.07 Å². The second kappa shape index (κ2) is 7.06. The highest BCUT2D eigenvalue weighted by atomic mass is 16.5. The van der Waals surface area contributed by atoms with Gasteiger partial charge in [0.25, 0.3) is 0 Å². The summed E-state index contributed by atoms with van der Waals surface area (Å²) in [7, 11) is 3.61. The van der Waals surface area contributed by atoms with Gasteiger partial charge < -0.3 is 15.0 Å². The van der Waals surface area contributed by atoms with Gasteiger partial charge in [0.15, 0.2) is 0 Å². The number of aryl methyl sites for hydroxylation is 1. The average molecular weight is 238 g/mol. The molecule has 96 valence electrons. The van der Waals surface area contributed by atoms with Crippen molar-refractivity contribution in [3.05, 3.63) is 11.8 Å². The Morgan fingerprint density at radius 1 is 1.35 bits per heavy atom. The van der Waals surface area contributed by atoms with Crippen LogP contribution < -0.4 is 15.0 Å². The first-order valence-electron chi connectivity index (χ1n) is 5.99. The number of ether oxygens (including phenoxy) is 1. The SMILES string of the molecule is CCCNCCN(C)c1nc(C)cc(OC)n1. The molecule has 0 saturated heterocycles. The first-order valence-corrected chi connectivity index (χ1v) is 5.99.